The summed E-state index contributed by atoms with van der Waals surface area (Å²) in [4.78, 5) is 18.7. The van der Waals surface area contributed by atoms with Gasteiger partial charge in [-0.15, -0.1) is 0 Å². The Morgan fingerprint density at radius 3 is 2.53 bits per heavy atom. The number of anilines is 1. The van der Waals surface area contributed by atoms with Crippen molar-refractivity contribution in [3.8, 4) is 0 Å². The van der Waals surface area contributed by atoms with Gasteiger partial charge in [-0.2, -0.15) is 4.98 Å². The number of piperazine rings is 1. The quantitative estimate of drug-likeness (QED) is 0.810. The molecule has 1 aromatic rings. The minimum Gasteiger partial charge on any atom is -0.476 e. The lowest BCUT2D eigenvalue weighted by molar-refractivity contribution is 0.0342. The number of nitrogens with zero attached hydrogens (tertiary/aromatic N) is 3. The van der Waals surface area contributed by atoms with Crippen molar-refractivity contribution in [2.24, 2.45) is 0 Å². The zero-order valence-electron chi connectivity index (χ0n) is 11.2. The molecule has 0 amide bonds. The second-order valence-corrected chi connectivity index (χ2v) is 5.40. The van der Waals surface area contributed by atoms with E-state index >= 15 is 0 Å². The van der Waals surface area contributed by atoms with Gasteiger partial charge in [0.25, 0.3) is 6.01 Å². The SMILES string of the molecule is CC(C)(O)CN1CCN(c2nc(C(=O)O)co2)CC1. The highest BCUT2D eigenvalue weighted by Gasteiger charge is 2.25. The van der Waals surface area contributed by atoms with Gasteiger partial charge in [0.1, 0.15) is 6.26 Å². The Balaban J connectivity index is 1.90. The third-order valence-electron chi connectivity index (χ3n) is 2.96. The molecule has 2 heterocycles. The molecule has 106 valence electrons. The van der Waals surface area contributed by atoms with E-state index in [2.05, 4.69) is 9.88 Å². The number of aliphatic hydroxyl groups is 1. The normalized spacial score (nSPS) is 17.7. The Kier molecular flexibility index (Phi) is 3.77. The first kappa shape index (κ1) is 13.8. The van der Waals surface area contributed by atoms with Crippen LogP contribution in [0.1, 0.15) is 24.3 Å². The molecule has 0 unspecified atom stereocenters. The van der Waals surface area contributed by atoms with E-state index in [-0.39, 0.29) is 5.69 Å². The van der Waals surface area contributed by atoms with Gasteiger partial charge in [0, 0.05) is 32.7 Å². The number of carboxylic acids is 1. The fraction of sp³-hybridized carbons (Fsp3) is 0.667. The molecule has 0 aliphatic carbocycles. The van der Waals surface area contributed by atoms with Gasteiger partial charge in [0.05, 0.1) is 5.60 Å². The van der Waals surface area contributed by atoms with E-state index in [1.54, 1.807) is 13.8 Å². The van der Waals surface area contributed by atoms with E-state index in [0.717, 1.165) is 19.4 Å². The monoisotopic (exact) mass is 269 g/mol. The Morgan fingerprint density at radius 1 is 1.42 bits per heavy atom. The van der Waals surface area contributed by atoms with Crippen LogP contribution in [-0.2, 0) is 0 Å². The van der Waals surface area contributed by atoms with Crippen molar-refractivity contribution in [1.29, 1.82) is 0 Å². The van der Waals surface area contributed by atoms with Gasteiger partial charge < -0.3 is 19.5 Å². The van der Waals surface area contributed by atoms with E-state index < -0.39 is 11.6 Å². The molecule has 1 saturated heterocycles. The molecule has 0 spiro atoms. The largest absolute Gasteiger partial charge is 0.476 e. The van der Waals surface area contributed by atoms with Crippen LogP contribution in [0, 0.1) is 0 Å². The number of carbonyl (C=O) groups is 1. The van der Waals surface area contributed by atoms with Gasteiger partial charge in [-0.05, 0) is 13.8 Å². The molecule has 1 aliphatic heterocycles. The molecule has 0 saturated carbocycles. The standard InChI is InChI=1S/C12H19N3O4/c1-12(2,18)8-14-3-5-15(6-4-14)11-13-9(7-19-11)10(16)17/h7,18H,3-6,8H2,1-2H3,(H,16,17). The summed E-state index contributed by atoms with van der Waals surface area (Å²) in [6.45, 7) is 7.17. The van der Waals surface area contributed by atoms with Gasteiger partial charge in [0.2, 0.25) is 0 Å². The third-order valence-corrected chi connectivity index (χ3v) is 2.96. The Bertz CT molecular complexity index is 444. The Morgan fingerprint density at radius 2 is 2.05 bits per heavy atom. The average Bonchev–Trinajstić information content (AvgIpc) is 2.77. The molecular weight excluding hydrogens is 250 g/mol. The van der Waals surface area contributed by atoms with Crippen molar-refractivity contribution in [3.63, 3.8) is 0 Å². The van der Waals surface area contributed by atoms with Gasteiger partial charge in [-0.3, -0.25) is 4.90 Å². The van der Waals surface area contributed by atoms with Crippen LogP contribution in [0.25, 0.3) is 0 Å². The molecule has 19 heavy (non-hydrogen) atoms. The number of oxazole rings is 1. The summed E-state index contributed by atoms with van der Waals surface area (Å²) in [5, 5.41) is 18.6. The molecule has 7 nitrogen and oxygen atoms in total. The van der Waals surface area contributed by atoms with Crippen LogP contribution in [0.5, 0.6) is 0 Å². The summed E-state index contributed by atoms with van der Waals surface area (Å²) in [6.07, 6.45) is 1.15. The Labute approximate surface area is 111 Å². The molecule has 1 fully saturated rings. The lowest BCUT2D eigenvalue weighted by atomic mass is 10.1. The summed E-state index contributed by atoms with van der Waals surface area (Å²) >= 11 is 0. The highest BCUT2D eigenvalue weighted by Crippen LogP contribution is 2.17. The van der Waals surface area contributed by atoms with Crippen molar-refractivity contribution in [2.45, 2.75) is 19.4 Å². The van der Waals surface area contributed by atoms with E-state index in [1.807, 2.05) is 4.90 Å². The second kappa shape index (κ2) is 5.18. The molecule has 2 rings (SSSR count). The minimum absolute atomic E-state index is 0.0751. The van der Waals surface area contributed by atoms with Gasteiger partial charge in [-0.25, -0.2) is 4.79 Å². The second-order valence-electron chi connectivity index (χ2n) is 5.40. The smallest absolute Gasteiger partial charge is 0.357 e. The van der Waals surface area contributed by atoms with E-state index in [9.17, 15) is 9.90 Å². The number of β-amino-alcohol motifs (C(OH)–C–C–N with tert-alkyl or cyclic N) is 1. The summed E-state index contributed by atoms with van der Waals surface area (Å²) in [5.74, 6) is -1.09. The van der Waals surface area contributed by atoms with Crippen molar-refractivity contribution in [3.05, 3.63) is 12.0 Å². The first-order chi connectivity index (χ1) is 8.85. The van der Waals surface area contributed by atoms with Crippen LogP contribution in [0.4, 0.5) is 6.01 Å². The molecular formula is C12H19N3O4. The lowest BCUT2D eigenvalue weighted by Gasteiger charge is -2.36. The maximum Gasteiger partial charge on any atom is 0.357 e. The number of rotatable bonds is 4. The van der Waals surface area contributed by atoms with Gasteiger partial charge in [0.15, 0.2) is 5.69 Å². The van der Waals surface area contributed by atoms with Crippen molar-refractivity contribution in [2.75, 3.05) is 37.6 Å². The molecule has 0 bridgehead atoms. The number of hydrogen-bond acceptors (Lipinski definition) is 6. The van der Waals surface area contributed by atoms with Crippen LogP contribution in [0.15, 0.2) is 10.7 Å². The first-order valence-corrected chi connectivity index (χ1v) is 6.24. The molecule has 0 atom stereocenters. The number of carboxylic acid groups (broad SMARTS) is 1. The number of hydrogen-bond donors (Lipinski definition) is 2. The van der Waals surface area contributed by atoms with E-state index in [4.69, 9.17) is 9.52 Å². The maximum atomic E-state index is 10.7. The molecule has 0 aromatic carbocycles. The average molecular weight is 269 g/mol. The molecule has 2 N–H and O–H groups in total. The predicted octanol–water partition coefficient (Wildman–Crippen LogP) is 0.266. The predicted molar refractivity (Wildman–Crippen MR) is 68.4 cm³/mol. The van der Waals surface area contributed by atoms with E-state index in [0.29, 0.717) is 25.6 Å². The topological polar surface area (TPSA) is 90.0 Å². The fourth-order valence-corrected chi connectivity index (χ4v) is 2.15. The van der Waals surface area contributed by atoms with Crippen LogP contribution in [0.2, 0.25) is 0 Å². The molecule has 1 aliphatic rings. The summed E-state index contributed by atoms with van der Waals surface area (Å²) in [6, 6.07) is 0.348. The number of aromatic carboxylic acids is 1. The summed E-state index contributed by atoms with van der Waals surface area (Å²) in [5.41, 5.74) is -0.782. The summed E-state index contributed by atoms with van der Waals surface area (Å²) in [7, 11) is 0. The van der Waals surface area contributed by atoms with Crippen molar-refractivity contribution in [1.82, 2.24) is 9.88 Å². The first-order valence-electron chi connectivity index (χ1n) is 6.24. The maximum absolute atomic E-state index is 10.7. The van der Waals surface area contributed by atoms with Gasteiger partial charge in [-0.1, -0.05) is 0 Å². The van der Waals surface area contributed by atoms with Crippen LogP contribution in [0.3, 0.4) is 0 Å². The van der Waals surface area contributed by atoms with Crippen LogP contribution >= 0.6 is 0 Å². The van der Waals surface area contributed by atoms with Crippen LogP contribution < -0.4 is 4.90 Å². The number of aromatic nitrogens is 1. The molecule has 1 aromatic heterocycles. The van der Waals surface area contributed by atoms with Crippen molar-refractivity contribution >= 4 is 12.0 Å². The minimum atomic E-state index is -1.09. The molecule has 0 radical (unpaired) electrons. The highest BCUT2D eigenvalue weighted by molar-refractivity contribution is 5.85. The zero-order valence-corrected chi connectivity index (χ0v) is 11.2. The third kappa shape index (κ3) is 3.68. The van der Waals surface area contributed by atoms with Gasteiger partial charge >= 0.3 is 5.97 Å². The van der Waals surface area contributed by atoms with Crippen LogP contribution in [-0.4, -0.2) is 64.4 Å². The Hall–Kier alpha value is -1.60. The molecule has 7 heteroatoms. The zero-order chi connectivity index (χ0) is 14.0. The summed E-state index contributed by atoms with van der Waals surface area (Å²) < 4.78 is 5.17. The fourth-order valence-electron chi connectivity index (χ4n) is 2.15. The van der Waals surface area contributed by atoms with E-state index in [1.165, 1.54) is 0 Å². The lowest BCUT2D eigenvalue weighted by Crippen LogP contribution is -2.50. The van der Waals surface area contributed by atoms with Crippen molar-refractivity contribution < 1.29 is 19.4 Å². The highest BCUT2D eigenvalue weighted by atomic mass is 16.4.